The minimum atomic E-state index is -0.723. The van der Waals surface area contributed by atoms with Gasteiger partial charge in [-0.3, -0.25) is 0 Å². The summed E-state index contributed by atoms with van der Waals surface area (Å²) in [6, 6.07) is 2.23. The molecule has 1 unspecified atom stereocenters. The average Bonchev–Trinajstić information content (AvgIpc) is 2.96. The Bertz CT molecular complexity index is 254. The Morgan fingerprint density at radius 2 is 2.25 bits per heavy atom. The second kappa shape index (κ2) is 5.62. The lowest BCUT2D eigenvalue weighted by atomic mass is 10.0. The van der Waals surface area contributed by atoms with Gasteiger partial charge in [0, 0.05) is 39.6 Å². The normalized spacial score (nSPS) is 21.1. The van der Waals surface area contributed by atoms with Crippen molar-refractivity contribution in [2.45, 2.75) is 38.2 Å². The summed E-state index contributed by atoms with van der Waals surface area (Å²) in [6.45, 7) is 3.77. The van der Waals surface area contributed by atoms with Gasteiger partial charge in [-0.05, 0) is 25.2 Å². The van der Waals surface area contributed by atoms with Crippen LogP contribution in [0.5, 0.6) is 0 Å². The van der Waals surface area contributed by atoms with E-state index >= 15 is 0 Å². The summed E-state index contributed by atoms with van der Waals surface area (Å²) in [5.74, 6) is 0. The summed E-state index contributed by atoms with van der Waals surface area (Å²) in [5, 5.41) is 21.9. The number of nitriles is 1. The van der Waals surface area contributed by atoms with Crippen LogP contribution in [-0.4, -0.2) is 37.5 Å². The predicted molar refractivity (Wildman–Crippen MR) is 61.9 cm³/mol. The first-order valence-corrected chi connectivity index (χ1v) is 5.83. The molecular weight excluding hydrogens is 204 g/mol. The zero-order chi connectivity index (χ0) is 12.1. The van der Waals surface area contributed by atoms with E-state index in [-0.39, 0.29) is 5.41 Å². The maximum absolute atomic E-state index is 9.99. The SMILES string of the molecule is COCCC(C)(O)CNCC1(CC#N)CC1. The molecule has 1 rings (SSSR count). The van der Waals surface area contributed by atoms with Gasteiger partial charge in [0.05, 0.1) is 11.7 Å². The monoisotopic (exact) mass is 226 g/mol. The molecule has 0 aromatic rings. The fraction of sp³-hybridized carbons (Fsp3) is 0.917. The zero-order valence-electron chi connectivity index (χ0n) is 10.3. The molecule has 0 radical (unpaired) electrons. The van der Waals surface area contributed by atoms with Crippen LogP contribution in [-0.2, 0) is 4.74 Å². The van der Waals surface area contributed by atoms with E-state index < -0.39 is 5.60 Å². The molecule has 0 heterocycles. The number of hydrogen-bond acceptors (Lipinski definition) is 4. The van der Waals surface area contributed by atoms with E-state index in [1.807, 2.05) is 6.92 Å². The smallest absolute Gasteiger partial charge is 0.0765 e. The van der Waals surface area contributed by atoms with Crippen LogP contribution in [0.1, 0.15) is 32.6 Å². The number of nitrogens with one attached hydrogen (secondary N) is 1. The standard InChI is InChI=1S/C12H22N2O2/c1-11(15,6-8-16-2)9-14-10-12(3-4-12)5-7-13/h14-15H,3-6,8-10H2,1-2H3. The fourth-order valence-corrected chi connectivity index (χ4v) is 1.77. The van der Waals surface area contributed by atoms with E-state index in [2.05, 4.69) is 11.4 Å². The summed E-state index contributed by atoms with van der Waals surface area (Å²) < 4.78 is 4.95. The topological polar surface area (TPSA) is 65.3 Å². The molecule has 2 N–H and O–H groups in total. The van der Waals surface area contributed by atoms with E-state index in [9.17, 15) is 5.11 Å². The number of rotatable bonds is 8. The Kier molecular flexibility index (Phi) is 4.72. The average molecular weight is 226 g/mol. The van der Waals surface area contributed by atoms with Gasteiger partial charge in [0.2, 0.25) is 0 Å². The number of nitrogens with zero attached hydrogens (tertiary/aromatic N) is 1. The van der Waals surface area contributed by atoms with Crippen molar-refractivity contribution in [3.05, 3.63) is 0 Å². The minimum Gasteiger partial charge on any atom is -0.389 e. The molecule has 0 aromatic heterocycles. The van der Waals surface area contributed by atoms with E-state index in [1.54, 1.807) is 7.11 Å². The molecule has 1 fully saturated rings. The van der Waals surface area contributed by atoms with Gasteiger partial charge in [0.15, 0.2) is 0 Å². The lowest BCUT2D eigenvalue weighted by Gasteiger charge is -2.24. The summed E-state index contributed by atoms with van der Waals surface area (Å²) in [5.41, 5.74) is -0.523. The third-order valence-electron chi connectivity index (χ3n) is 3.26. The Morgan fingerprint density at radius 3 is 2.75 bits per heavy atom. The van der Waals surface area contributed by atoms with Crippen LogP contribution in [0.15, 0.2) is 0 Å². The molecule has 0 amide bonds. The van der Waals surface area contributed by atoms with E-state index in [0.29, 0.717) is 26.0 Å². The van der Waals surface area contributed by atoms with Crippen molar-refractivity contribution in [2.75, 3.05) is 26.8 Å². The van der Waals surface area contributed by atoms with Crippen LogP contribution in [0.4, 0.5) is 0 Å². The first-order valence-electron chi connectivity index (χ1n) is 5.83. The van der Waals surface area contributed by atoms with Crippen LogP contribution in [0.2, 0.25) is 0 Å². The van der Waals surface area contributed by atoms with Gasteiger partial charge in [-0.1, -0.05) is 0 Å². The Morgan fingerprint density at radius 1 is 1.56 bits per heavy atom. The summed E-state index contributed by atoms with van der Waals surface area (Å²) in [7, 11) is 1.63. The van der Waals surface area contributed by atoms with E-state index in [0.717, 1.165) is 19.4 Å². The second-order valence-corrected chi connectivity index (χ2v) is 5.18. The van der Waals surface area contributed by atoms with Crippen LogP contribution in [0.25, 0.3) is 0 Å². The van der Waals surface area contributed by atoms with Crippen molar-refractivity contribution in [3.63, 3.8) is 0 Å². The summed E-state index contributed by atoms with van der Waals surface area (Å²) in [4.78, 5) is 0. The minimum absolute atomic E-state index is 0.200. The lowest BCUT2D eigenvalue weighted by molar-refractivity contribution is 0.0242. The molecular formula is C12H22N2O2. The molecule has 0 bridgehead atoms. The Balaban J connectivity index is 2.17. The van der Waals surface area contributed by atoms with Crippen molar-refractivity contribution >= 4 is 0 Å². The summed E-state index contributed by atoms with van der Waals surface area (Å²) >= 11 is 0. The third kappa shape index (κ3) is 4.48. The molecule has 1 aliphatic carbocycles. The Hall–Kier alpha value is -0.630. The number of aliphatic hydroxyl groups is 1. The molecule has 4 nitrogen and oxygen atoms in total. The summed E-state index contributed by atoms with van der Waals surface area (Å²) in [6.07, 6.45) is 3.52. The molecule has 0 saturated heterocycles. The first kappa shape index (κ1) is 13.4. The second-order valence-electron chi connectivity index (χ2n) is 5.18. The van der Waals surface area contributed by atoms with Gasteiger partial charge in [0.1, 0.15) is 0 Å². The molecule has 0 spiro atoms. The van der Waals surface area contributed by atoms with Gasteiger partial charge in [0.25, 0.3) is 0 Å². The van der Waals surface area contributed by atoms with Crippen LogP contribution in [0.3, 0.4) is 0 Å². The van der Waals surface area contributed by atoms with Crippen molar-refractivity contribution in [1.82, 2.24) is 5.32 Å². The molecule has 92 valence electrons. The quantitative estimate of drug-likeness (QED) is 0.649. The number of ether oxygens (including phenoxy) is 1. The zero-order valence-corrected chi connectivity index (χ0v) is 10.3. The highest BCUT2D eigenvalue weighted by Gasteiger charge is 2.42. The highest BCUT2D eigenvalue weighted by atomic mass is 16.5. The molecule has 4 heteroatoms. The van der Waals surface area contributed by atoms with Gasteiger partial charge in [-0.25, -0.2) is 0 Å². The number of hydrogen-bond donors (Lipinski definition) is 2. The Labute approximate surface area is 97.6 Å². The highest BCUT2D eigenvalue weighted by Crippen LogP contribution is 2.47. The van der Waals surface area contributed by atoms with E-state index in [1.165, 1.54) is 0 Å². The first-order chi connectivity index (χ1) is 7.54. The van der Waals surface area contributed by atoms with Crippen molar-refractivity contribution in [2.24, 2.45) is 5.41 Å². The van der Waals surface area contributed by atoms with Crippen molar-refractivity contribution < 1.29 is 9.84 Å². The van der Waals surface area contributed by atoms with Gasteiger partial charge >= 0.3 is 0 Å². The maximum Gasteiger partial charge on any atom is 0.0765 e. The molecule has 16 heavy (non-hydrogen) atoms. The molecule has 0 aliphatic heterocycles. The fourth-order valence-electron chi connectivity index (χ4n) is 1.77. The van der Waals surface area contributed by atoms with Crippen molar-refractivity contribution in [3.8, 4) is 6.07 Å². The number of methoxy groups -OCH3 is 1. The van der Waals surface area contributed by atoms with E-state index in [4.69, 9.17) is 10.00 Å². The molecule has 1 saturated carbocycles. The van der Waals surface area contributed by atoms with Gasteiger partial charge in [-0.15, -0.1) is 0 Å². The maximum atomic E-state index is 9.99. The molecule has 1 aliphatic rings. The van der Waals surface area contributed by atoms with Gasteiger partial charge in [-0.2, -0.15) is 5.26 Å². The van der Waals surface area contributed by atoms with Crippen LogP contribution >= 0.6 is 0 Å². The third-order valence-corrected chi connectivity index (χ3v) is 3.26. The molecule has 1 atom stereocenters. The van der Waals surface area contributed by atoms with Crippen LogP contribution < -0.4 is 5.32 Å². The molecule has 0 aromatic carbocycles. The van der Waals surface area contributed by atoms with Crippen LogP contribution in [0, 0.1) is 16.7 Å². The lowest BCUT2D eigenvalue weighted by Crippen LogP contribution is -2.40. The largest absolute Gasteiger partial charge is 0.389 e. The predicted octanol–water partition coefficient (Wildman–Crippen LogP) is 1.06. The van der Waals surface area contributed by atoms with Crippen molar-refractivity contribution in [1.29, 1.82) is 5.26 Å². The van der Waals surface area contributed by atoms with Gasteiger partial charge < -0.3 is 15.2 Å². The highest BCUT2D eigenvalue weighted by molar-refractivity contribution is 5.00.